The largest absolute Gasteiger partial charge is 0.310 e. The van der Waals surface area contributed by atoms with E-state index in [9.17, 15) is 0 Å². The molecule has 0 aromatic carbocycles. The summed E-state index contributed by atoms with van der Waals surface area (Å²) in [6.07, 6.45) is 5.55. The van der Waals surface area contributed by atoms with E-state index < -0.39 is 0 Å². The lowest BCUT2D eigenvalue weighted by atomic mass is 9.92. The molecule has 0 amide bonds. The van der Waals surface area contributed by atoms with E-state index in [2.05, 4.69) is 37.9 Å². The summed E-state index contributed by atoms with van der Waals surface area (Å²) in [6.45, 7) is 13.2. The molecule has 0 aromatic heterocycles. The smallest absolute Gasteiger partial charge is 0.0252 e. The van der Waals surface area contributed by atoms with Gasteiger partial charge in [0.05, 0.1) is 0 Å². The molecule has 1 aliphatic carbocycles. The van der Waals surface area contributed by atoms with Crippen LogP contribution in [0.3, 0.4) is 0 Å². The van der Waals surface area contributed by atoms with E-state index in [0.717, 1.165) is 17.9 Å². The maximum absolute atomic E-state index is 3.67. The summed E-state index contributed by atoms with van der Waals surface area (Å²) < 4.78 is 0. The van der Waals surface area contributed by atoms with Crippen molar-refractivity contribution in [2.75, 3.05) is 19.6 Å². The average Bonchev–Trinajstić information content (AvgIpc) is 2.54. The van der Waals surface area contributed by atoms with Crippen molar-refractivity contribution < 1.29 is 0 Å². The molecule has 2 fully saturated rings. The van der Waals surface area contributed by atoms with Gasteiger partial charge in [0.15, 0.2) is 0 Å². The summed E-state index contributed by atoms with van der Waals surface area (Å²) in [5.41, 5.74) is 0.292. The fourth-order valence-corrected chi connectivity index (χ4v) is 3.95. The molecule has 1 saturated heterocycles. The maximum Gasteiger partial charge on any atom is 0.0252 e. The van der Waals surface area contributed by atoms with Gasteiger partial charge in [-0.2, -0.15) is 0 Å². The van der Waals surface area contributed by atoms with Crippen LogP contribution in [0.25, 0.3) is 0 Å². The van der Waals surface area contributed by atoms with Crippen molar-refractivity contribution in [1.82, 2.24) is 10.2 Å². The van der Waals surface area contributed by atoms with Gasteiger partial charge < -0.3 is 5.32 Å². The van der Waals surface area contributed by atoms with Crippen LogP contribution in [0.5, 0.6) is 0 Å². The Hall–Kier alpha value is -0.0800. The highest BCUT2D eigenvalue weighted by Gasteiger charge is 2.37. The Kier molecular flexibility index (Phi) is 4.14. The van der Waals surface area contributed by atoms with Crippen LogP contribution in [-0.4, -0.2) is 36.1 Å². The highest BCUT2D eigenvalue weighted by atomic mass is 15.2. The summed E-state index contributed by atoms with van der Waals surface area (Å²) in [5, 5.41) is 3.67. The van der Waals surface area contributed by atoms with Crippen molar-refractivity contribution >= 4 is 0 Å². The number of nitrogens with zero attached hydrogens (tertiary/aromatic N) is 1. The molecular weight excluding hydrogens is 208 g/mol. The average molecular weight is 238 g/mol. The van der Waals surface area contributed by atoms with Gasteiger partial charge in [-0.3, -0.25) is 4.90 Å². The summed E-state index contributed by atoms with van der Waals surface area (Å²) >= 11 is 0. The second kappa shape index (κ2) is 5.27. The molecule has 1 N–H and O–H groups in total. The van der Waals surface area contributed by atoms with Gasteiger partial charge in [-0.1, -0.05) is 20.3 Å². The molecule has 0 radical (unpaired) electrons. The summed E-state index contributed by atoms with van der Waals surface area (Å²) in [7, 11) is 0. The fraction of sp³-hybridized carbons (Fsp3) is 1.00. The molecule has 0 spiro atoms. The first-order chi connectivity index (χ1) is 8.03. The molecule has 100 valence electrons. The van der Waals surface area contributed by atoms with E-state index in [4.69, 9.17) is 0 Å². The minimum Gasteiger partial charge on any atom is -0.310 e. The highest BCUT2D eigenvalue weighted by Crippen LogP contribution is 2.37. The lowest BCUT2D eigenvalue weighted by Crippen LogP contribution is -2.50. The van der Waals surface area contributed by atoms with Gasteiger partial charge in [0, 0.05) is 18.1 Å². The number of rotatable bonds is 2. The Labute approximate surface area is 107 Å². The molecule has 1 aliphatic heterocycles. The zero-order valence-electron chi connectivity index (χ0n) is 12.1. The van der Waals surface area contributed by atoms with Gasteiger partial charge >= 0.3 is 0 Å². The third kappa shape index (κ3) is 3.03. The first-order valence-electron chi connectivity index (χ1n) is 7.52. The second-order valence-electron chi connectivity index (χ2n) is 6.81. The standard InChI is InChI=1S/C15H30N2/c1-5-13-7-8-14(12(13)2)17-10-6-9-16-15(3,4)11-17/h12-14,16H,5-11H2,1-4H3. The lowest BCUT2D eigenvalue weighted by Gasteiger charge is -2.36. The maximum atomic E-state index is 3.67. The molecule has 17 heavy (non-hydrogen) atoms. The van der Waals surface area contributed by atoms with Crippen LogP contribution in [0.1, 0.15) is 53.4 Å². The molecule has 2 rings (SSSR count). The van der Waals surface area contributed by atoms with Gasteiger partial charge in [-0.25, -0.2) is 0 Å². The van der Waals surface area contributed by atoms with Crippen LogP contribution in [0.2, 0.25) is 0 Å². The minimum absolute atomic E-state index is 0.292. The molecule has 3 atom stereocenters. The summed E-state index contributed by atoms with van der Waals surface area (Å²) in [4.78, 5) is 2.78. The zero-order valence-corrected chi connectivity index (χ0v) is 12.1. The van der Waals surface area contributed by atoms with Crippen LogP contribution in [0, 0.1) is 11.8 Å². The van der Waals surface area contributed by atoms with E-state index in [0.29, 0.717) is 5.54 Å². The Balaban J connectivity index is 2.01. The lowest BCUT2D eigenvalue weighted by molar-refractivity contribution is 0.134. The third-order valence-electron chi connectivity index (χ3n) is 5.00. The molecule has 1 saturated carbocycles. The topological polar surface area (TPSA) is 15.3 Å². The van der Waals surface area contributed by atoms with Gasteiger partial charge in [0.25, 0.3) is 0 Å². The Morgan fingerprint density at radius 2 is 2.06 bits per heavy atom. The van der Waals surface area contributed by atoms with Crippen LogP contribution in [0.15, 0.2) is 0 Å². The molecule has 0 bridgehead atoms. The van der Waals surface area contributed by atoms with E-state index in [1.807, 2.05) is 0 Å². The quantitative estimate of drug-likeness (QED) is 0.796. The second-order valence-corrected chi connectivity index (χ2v) is 6.81. The normalized spacial score (nSPS) is 39.2. The van der Waals surface area contributed by atoms with Crippen LogP contribution in [0.4, 0.5) is 0 Å². The SMILES string of the molecule is CCC1CCC(N2CCCNC(C)(C)C2)C1C. The summed E-state index contributed by atoms with van der Waals surface area (Å²) in [6, 6.07) is 0.846. The monoisotopic (exact) mass is 238 g/mol. The van der Waals surface area contributed by atoms with Gasteiger partial charge in [-0.05, 0) is 58.0 Å². The van der Waals surface area contributed by atoms with Crippen LogP contribution in [-0.2, 0) is 0 Å². The fourth-order valence-electron chi connectivity index (χ4n) is 3.95. The molecule has 2 heteroatoms. The van der Waals surface area contributed by atoms with Crippen molar-refractivity contribution in [3.05, 3.63) is 0 Å². The van der Waals surface area contributed by atoms with Crippen LogP contribution >= 0.6 is 0 Å². The van der Waals surface area contributed by atoms with Crippen molar-refractivity contribution in [2.24, 2.45) is 11.8 Å². The van der Waals surface area contributed by atoms with Crippen molar-refractivity contribution in [1.29, 1.82) is 0 Å². The third-order valence-corrected chi connectivity index (χ3v) is 5.00. The number of nitrogens with one attached hydrogen (secondary N) is 1. The van der Waals surface area contributed by atoms with E-state index in [-0.39, 0.29) is 0 Å². The highest BCUT2D eigenvalue weighted by molar-refractivity contribution is 4.93. The van der Waals surface area contributed by atoms with Crippen molar-refractivity contribution in [3.8, 4) is 0 Å². The van der Waals surface area contributed by atoms with E-state index in [1.165, 1.54) is 45.3 Å². The predicted molar refractivity (Wildman–Crippen MR) is 74.2 cm³/mol. The molecule has 3 unspecified atom stereocenters. The predicted octanol–water partition coefficient (Wildman–Crippen LogP) is 2.89. The molecule has 1 heterocycles. The van der Waals surface area contributed by atoms with Gasteiger partial charge in [0.2, 0.25) is 0 Å². The van der Waals surface area contributed by atoms with Gasteiger partial charge in [0.1, 0.15) is 0 Å². The number of hydrogen-bond donors (Lipinski definition) is 1. The Morgan fingerprint density at radius 1 is 1.29 bits per heavy atom. The van der Waals surface area contributed by atoms with Gasteiger partial charge in [-0.15, -0.1) is 0 Å². The zero-order chi connectivity index (χ0) is 12.5. The molecule has 2 aliphatic rings. The number of hydrogen-bond acceptors (Lipinski definition) is 2. The Bertz CT molecular complexity index is 249. The van der Waals surface area contributed by atoms with Crippen molar-refractivity contribution in [2.45, 2.75) is 65.0 Å². The Morgan fingerprint density at radius 3 is 2.71 bits per heavy atom. The first kappa shape index (κ1) is 13.4. The van der Waals surface area contributed by atoms with E-state index >= 15 is 0 Å². The summed E-state index contributed by atoms with van der Waals surface area (Å²) in [5.74, 6) is 1.87. The first-order valence-corrected chi connectivity index (χ1v) is 7.52. The molecular formula is C15H30N2. The van der Waals surface area contributed by atoms with Crippen molar-refractivity contribution in [3.63, 3.8) is 0 Å². The molecule has 2 nitrogen and oxygen atoms in total. The minimum atomic E-state index is 0.292. The molecule has 0 aromatic rings. The van der Waals surface area contributed by atoms with E-state index in [1.54, 1.807) is 0 Å². The van der Waals surface area contributed by atoms with Crippen LogP contribution < -0.4 is 5.32 Å².